The van der Waals surface area contributed by atoms with E-state index in [-0.39, 0.29) is 36.3 Å². The molecule has 3 aliphatic carbocycles. The summed E-state index contributed by atoms with van der Waals surface area (Å²) in [6.07, 6.45) is -14.1. The van der Waals surface area contributed by atoms with Gasteiger partial charge < -0.3 is 63.6 Å². The number of ether oxygens (including phenoxy) is 8. The Labute approximate surface area is 360 Å². The lowest BCUT2D eigenvalue weighted by Crippen LogP contribution is -2.82. The number of rotatable bonds is 9. The van der Waals surface area contributed by atoms with Gasteiger partial charge >= 0.3 is 30.0 Å². The molecule has 0 unspecified atom stereocenters. The van der Waals surface area contributed by atoms with Crippen molar-refractivity contribution in [2.24, 2.45) is 16.7 Å². The Morgan fingerprint density at radius 2 is 1.58 bits per heavy atom. The van der Waals surface area contributed by atoms with E-state index in [0.717, 1.165) is 13.8 Å². The van der Waals surface area contributed by atoms with Crippen LogP contribution in [-0.2, 0) is 52.3 Å². The van der Waals surface area contributed by atoms with E-state index < -0.39 is 131 Å². The van der Waals surface area contributed by atoms with E-state index in [1.165, 1.54) is 26.0 Å². The van der Waals surface area contributed by atoms with Crippen LogP contribution in [0, 0.1) is 16.7 Å². The van der Waals surface area contributed by atoms with Crippen molar-refractivity contribution in [2.45, 2.75) is 166 Å². The Bertz CT molecular complexity index is 1960. The number of aliphatic hydroxyl groups excluding tert-OH is 3. The number of fused-ring (bicyclic) bond motifs is 5. The van der Waals surface area contributed by atoms with Crippen LogP contribution in [-0.4, -0.2) is 141 Å². The van der Waals surface area contributed by atoms with E-state index in [9.17, 15) is 44.4 Å². The highest BCUT2D eigenvalue weighted by molar-refractivity contribution is 5.89. The number of nitrogens with one attached hydrogen (secondary N) is 1. The van der Waals surface area contributed by atoms with Gasteiger partial charge in [0.25, 0.3) is 0 Å². The molecule has 13 atom stereocenters. The highest BCUT2D eigenvalue weighted by Gasteiger charge is 2.78. The summed E-state index contributed by atoms with van der Waals surface area (Å²) in [5.41, 5.74) is -8.21. The minimum Gasteiger partial charge on any atom is -0.456 e. The van der Waals surface area contributed by atoms with E-state index in [0.29, 0.717) is 0 Å². The fourth-order valence-electron chi connectivity index (χ4n) is 10.3. The van der Waals surface area contributed by atoms with E-state index in [4.69, 9.17) is 37.9 Å². The van der Waals surface area contributed by atoms with Crippen LogP contribution in [0.1, 0.15) is 99.4 Å². The van der Waals surface area contributed by atoms with Crippen molar-refractivity contribution in [3.05, 3.63) is 47.0 Å². The van der Waals surface area contributed by atoms with Crippen molar-refractivity contribution in [1.29, 1.82) is 0 Å². The van der Waals surface area contributed by atoms with Crippen molar-refractivity contribution in [2.75, 3.05) is 13.2 Å². The molecule has 0 spiro atoms. The second-order valence-electron chi connectivity index (χ2n) is 19.4. The van der Waals surface area contributed by atoms with E-state index in [1.54, 1.807) is 66.7 Å². The van der Waals surface area contributed by atoms with Gasteiger partial charge in [-0.1, -0.05) is 39.0 Å². The predicted molar refractivity (Wildman–Crippen MR) is 214 cm³/mol. The molecular formula is C44H61NO17. The molecular weight excluding hydrogens is 814 g/mol. The summed E-state index contributed by atoms with van der Waals surface area (Å²) in [4.78, 5) is 67.6. The number of hydrogen-bond donors (Lipinski definition) is 5. The number of aliphatic hydroxyl groups is 4. The molecule has 5 aliphatic rings. The van der Waals surface area contributed by atoms with Gasteiger partial charge in [0.2, 0.25) is 0 Å². The molecule has 6 rings (SSSR count). The molecule has 18 heteroatoms. The average Bonchev–Trinajstić information content (AvgIpc) is 3.52. The standard InChI is InChI=1S/C44H61NO17/c1-21-25(58-37(52)31(49)30(26-19-56-41(9,10)61-26)45-38(53)62-39(4,5)6)18-44(54)35(59-36(51)24-15-13-12-14-16-24)33-42(11,27(48)17-28-43(33,20-55-28)60-23(3)47)34(50)32(57-22(2)46)29(21)40(44,7)8/h12-16,25-28,30-35,48-50,54H,17-20H2,1-11H3,(H,45,53)/t25-,26+,27-,28+,30+,31+,32+,33-,34-,35-,42+,43-,44+/m0/s1. The molecule has 62 heavy (non-hydrogen) atoms. The van der Waals surface area contributed by atoms with Gasteiger partial charge in [-0.25, -0.2) is 14.4 Å². The third-order valence-corrected chi connectivity index (χ3v) is 13.4. The van der Waals surface area contributed by atoms with E-state index >= 15 is 0 Å². The topological polar surface area (TPSA) is 252 Å². The average molecular weight is 876 g/mol. The Morgan fingerprint density at radius 3 is 2.11 bits per heavy atom. The number of carbonyl (C=O) groups excluding carboxylic acids is 5. The van der Waals surface area contributed by atoms with Crippen LogP contribution in [0.25, 0.3) is 0 Å². The molecule has 2 heterocycles. The van der Waals surface area contributed by atoms with Gasteiger partial charge in [-0.2, -0.15) is 0 Å². The summed E-state index contributed by atoms with van der Waals surface area (Å²) in [6.45, 7) is 16.2. The summed E-state index contributed by atoms with van der Waals surface area (Å²) in [6, 6.07) is 6.38. The molecule has 1 aromatic carbocycles. The quantitative estimate of drug-likeness (QED) is 0.136. The lowest BCUT2D eigenvalue weighted by molar-refractivity contribution is -0.365. The summed E-state index contributed by atoms with van der Waals surface area (Å²) in [5.74, 6) is -6.44. The van der Waals surface area contributed by atoms with Gasteiger partial charge in [-0.15, -0.1) is 0 Å². The number of carbonyl (C=O) groups is 5. The van der Waals surface area contributed by atoms with Crippen LogP contribution in [0.5, 0.6) is 0 Å². The Morgan fingerprint density at radius 1 is 0.935 bits per heavy atom. The molecule has 2 bridgehead atoms. The van der Waals surface area contributed by atoms with Gasteiger partial charge in [0, 0.05) is 37.5 Å². The first-order valence-corrected chi connectivity index (χ1v) is 20.8. The lowest BCUT2D eigenvalue weighted by Gasteiger charge is -2.69. The van der Waals surface area contributed by atoms with Crippen molar-refractivity contribution in [3.8, 4) is 0 Å². The third kappa shape index (κ3) is 8.23. The molecule has 2 saturated heterocycles. The highest BCUT2D eigenvalue weighted by Crippen LogP contribution is 2.65. The molecule has 1 amide bonds. The van der Waals surface area contributed by atoms with Crippen molar-refractivity contribution >= 4 is 30.0 Å². The van der Waals surface area contributed by atoms with E-state index in [2.05, 4.69) is 5.32 Å². The molecule has 1 aromatic rings. The second kappa shape index (κ2) is 16.4. The maximum absolute atomic E-state index is 14.3. The lowest BCUT2D eigenvalue weighted by atomic mass is 9.44. The number of hydrogen-bond acceptors (Lipinski definition) is 17. The normalized spacial score (nSPS) is 36.8. The Balaban J connectivity index is 1.52. The third-order valence-electron chi connectivity index (χ3n) is 13.4. The Kier molecular flexibility index (Phi) is 12.5. The first kappa shape index (κ1) is 47.3. The van der Waals surface area contributed by atoms with Gasteiger partial charge in [0.15, 0.2) is 23.6 Å². The number of benzene rings is 1. The molecule has 344 valence electrons. The zero-order valence-corrected chi connectivity index (χ0v) is 37.1. The fourth-order valence-corrected chi connectivity index (χ4v) is 10.3. The zero-order chi connectivity index (χ0) is 46.1. The molecule has 0 aromatic heterocycles. The van der Waals surface area contributed by atoms with Crippen molar-refractivity contribution in [3.63, 3.8) is 0 Å². The van der Waals surface area contributed by atoms with Gasteiger partial charge in [-0.3, -0.25) is 9.59 Å². The highest BCUT2D eigenvalue weighted by atomic mass is 16.7. The van der Waals surface area contributed by atoms with Gasteiger partial charge in [-0.05, 0) is 64.8 Å². The molecule has 5 N–H and O–H groups in total. The minimum atomic E-state index is -2.38. The van der Waals surface area contributed by atoms with Crippen molar-refractivity contribution < 1.29 is 82.3 Å². The molecule has 2 aliphatic heterocycles. The van der Waals surface area contributed by atoms with Crippen LogP contribution in [0.15, 0.2) is 41.5 Å². The van der Waals surface area contributed by atoms with Gasteiger partial charge in [0.05, 0.1) is 36.8 Å². The molecule has 4 fully saturated rings. The van der Waals surface area contributed by atoms with Gasteiger partial charge in [0.1, 0.15) is 41.7 Å². The Hall–Kier alpha value is -4.17. The monoisotopic (exact) mass is 875 g/mol. The summed E-state index contributed by atoms with van der Waals surface area (Å²) in [5, 5.41) is 52.8. The molecule has 18 nitrogen and oxygen atoms in total. The van der Waals surface area contributed by atoms with E-state index in [1.807, 2.05) is 0 Å². The first-order chi connectivity index (χ1) is 28.6. The van der Waals surface area contributed by atoms with Crippen LogP contribution in [0.2, 0.25) is 0 Å². The number of alkyl carbamates (subject to hydrolysis) is 1. The number of amides is 1. The zero-order valence-electron chi connectivity index (χ0n) is 37.1. The molecule has 0 radical (unpaired) electrons. The van der Waals surface area contributed by atoms with Crippen LogP contribution < -0.4 is 5.32 Å². The molecule has 2 saturated carbocycles. The fraction of sp³-hybridized carbons (Fsp3) is 0.705. The van der Waals surface area contributed by atoms with Crippen molar-refractivity contribution in [1.82, 2.24) is 5.32 Å². The summed E-state index contributed by atoms with van der Waals surface area (Å²) in [7, 11) is 0. The number of esters is 4. The summed E-state index contributed by atoms with van der Waals surface area (Å²) < 4.78 is 47.4. The van der Waals surface area contributed by atoms with Crippen LogP contribution in [0.4, 0.5) is 4.79 Å². The van der Waals surface area contributed by atoms with Crippen LogP contribution in [0.3, 0.4) is 0 Å². The second-order valence-corrected chi connectivity index (χ2v) is 19.4. The maximum Gasteiger partial charge on any atom is 0.408 e. The SMILES string of the molecule is CC(=O)O[C@@H]1C2=C(C)[C@@H](OC(=O)[C@H](O)[C@H](NC(=O)OC(C)(C)C)[C@H]3COC(C)(C)O3)C[C@@](O)([C@@H](OC(=O)c3ccccc3)[C@@H]3[C@]4(OC(C)=O)CO[C@@H]4C[C@H](O)[C@@]3(C)[C@H]1O)C2(C)C. The smallest absolute Gasteiger partial charge is 0.408 e. The minimum absolute atomic E-state index is 0.0695. The van der Waals surface area contributed by atoms with Crippen LogP contribution >= 0.6 is 0 Å². The summed E-state index contributed by atoms with van der Waals surface area (Å²) >= 11 is 0. The predicted octanol–water partition coefficient (Wildman–Crippen LogP) is 2.40. The first-order valence-electron chi connectivity index (χ1n) is 20.8. The largest absolute Gasteiger partial charge is 0.456 e. The maximum atomic E-state index is 14.3.